The number of pyridine rings is 1. The molecule has 2 aromatic heterocycles. The monoisotopic (exact) mass is 386 g/mol. The Labute approximate surface area is 157 Å². The third kappa shape index (κ3) is 4.46. The van der Waals surface area contributed by atoms with Gasteiger partial charge in [0.15, 0.2) is 11.5 Å². The molecule has 0 aliphatic rings. The average molecular weight is 386 g/mol. The van der Waals surface area contributed by atoms with Crippen LogP contribution >= 0.6 is 11.3 Å². The van der Waals surface area contributed by atoms with E-state index < -0.39 is 4.92 Å². The van der Waals surface area contributed by atoms with E-state index in [1.54, 1.807) is 29.8 Å². The van der Waals surface area contributed by atoms with E-state index in [-0.39, 0.29) is 17.3 Å². The fraction of sp³-hybridized carbons (Fsp3) is 0.0625. The number of anilines is 2. The van der Waals surface area contributed by atoms with E-state index in [2.05, 4.69) is 20.5 Å². The zero-order chi connectivity index (χ0) is 19.2. The summed E-state index contributed by atoms with van der Waals surface area (Å²) in [5.74, 6) is 0.962. The van der Waals surface area contributed by atoms with Crippen molar-refractivity contribution in [3.05, 3.63) is 57.6 Å². The molecular weight excluding hydrogens is 372 g/mol. The van der Waals surface area contributed by atoms with Crippen molar-refractivity contribution in [2.24, 2.45) is 5.10 Å². The van der Waals surface area contributed by atoms with Crippen LogP contribution < -0.4 is 20.6 Å². The van der Waals surface area contributed by atoms with Crippen molar-refractivity contribution >= 4 is 34.2 Å². The van der Waals surface area contributed by atoms with Crippen LogP contribution in [0.5, 0.6) is 17.4 Å². The molecule has 0 radical (unpaired) electrons. The molecule has 0 aliphatic carbocycles. The molecule has 0 saturated heterocycles. The largest absolute Gasteiger partial charge is 0.493 e. The van der Waals surface area contributed by atoms with Crippen LogP contribution in [0.2, 0.25) is 0 Å². The van der Waals surface area contributed by atoms with Gasteiger partial charge in [0.1, 0.15) is 5.82 Å². The van der Waals surface area contributed by atoms with Crippen LogP contribution in [-0.2, 0) is 0 Å². The Morgan fingerprint density at radius 3 is 2.93 bits per heavy atom. The second-order valence-corrected chi connectivity index (χ2v) is 5.90. The smallest absolute Gasteiger partial charge is 0.331 e. The van der Waals surface area contributed by atoms with E-state index in [0.717, 1.165) is 0 Å². The van der Waals surface area contributed by atoms with Crippen molar-refractivity contribution in [1.82, 2.24) is 9.97 Å². The van der Waals surface area contributed by atoms with Gasteiger partial charge >= 0.3 is 5.69 Å². The Bertz CT molecular complexity index is 991. The predicted octanol–water partition coefficient (Wildman–Crippen LogP) is 3.28. The van der Waals surface area contributed by atoms with Crippen molar-refractivity contribution in [2.75, 3.05) is 18.3 Å². The first kappa shape index (κ1) is 18.1. The fourth-order valence-corrected chi connectivity index (χ4v) is 2.60. The van der Waals surface area contributed by atoms with Gasteiger partial charge in [-0.2, -0.15) is 5.10 Å². The molecule has 3 rings (SSSR count). The minimum Gasteiger partial charge on any atom is -0.493 e. The van der Waals surface area contributed by atoms with Gasteiger partial charge in [0.25, 0.3) is 5.88 Å². The van der Waals surface area contributed by atoms with Crippen molar-refractivity contribution in [1.29, 1.82) is 0 Å². The molecule has 138 valence electrons. The summed E-state index contributed by atoms with van der Waals surface area (Å²) in [6, 6.07) is 7.78. The van der Waals surface area contributed by atoms with Crippen LogP contribution in [0.4, 0.5) is 16.6 Å². The molecule has 0 atom stereocenters. The highest BCUT2D eigenvalue weighted by Crippen LogP contribution is 2.34. The van der Waals surface area contributed by atoms with E-state index >= 15 is 0 Å². The molecule has 0 amide bonds. The molecule has 0 saturated carbocycles. The van der Waals surface area contributed by atoms with Gasteiger partial charge in [0, 0.05) is 17.6 Å². The Morgan fingerprint density at radius 1 is 1.37 bits per heavy atom. The number of nitrogens with two attached hydrogens (primary N) is 1. The van der Waals surface area contributed by atoms with Crippen molar-refractivity contribution in [3.63, 3.8) is 0 Å². The lowest BCUT2D eigenvalue weighted by Gasteiger charge is -2.10. The lowest BCUT2D eigenvalue weighted by Crippen LogP contribution is -1.98. The fourth-order valence-electron chi connectivity index (χ4n) is 2.05. The third-order valence-electron chi connectivity index (χ3n) is 3.24. The number of ether oxygens (including phenoxy) is 2. The molecule has 2 heterocycles. The van der Waals surface area contributed by atoms with E-state index in [4.69, 9.17) is 15.2 Å². The Balaban J connectivity index is 1.77. The number of nitrogens with zero attached hydrogens (tertiary/aromatic N) is 4. The van der Waals surface area contributed by atoms with E-state index in [1.165, 1.54) is 36.8 Å². The Hall–Kier alpha value is -3.73. The number of thiazole rings is 1. The molecule has 10 nitrogen and oxygen atoms in total. The molecule has 0 fully saturated rings. The maximum atomic E-state index is 11.1. The molecule has 3 N–H and O–H groups in total. The summed E-state index contributed by atoms with van der Waals surface area (Å²) >= 11 is 1.33. The molecule has 1 aromatic carbocycles. The minimum absolute atomic E-state index is 0.120. The van der Waals surface area contributed by atoms with Gasteiger partial charge in [0.05, 0.1) is 18.2 Å². The summed E-state index contributed by atoms with van der Waals surface area (Å²) in [7, 11) is 1.46. The summed E-state index contributed by atoms with van der Waals surface area (Å²) in [6.45, 7) is 0. The zero-order valence-electron chi connectivity index (χ0n) is 14.0. The first-order valence-corrected chi connectivity index (χ1v) is 8.40. The van der Waals surface area contributed by atoms with Gasteiger partial charge in [-0.15, -0.1) is 11.3 Å². The predicted molar refractivity (Wildman–Crippen MR) is 102 cm³/mol. The maximum absolute atomic E-state index is 11.1. The van der Waals surface area contributed by atoms with Crippen LogP contribution in [-0.4, -0.2) is 28.2 Å². The number of nitrogen functional groups attached to an aromatic ring is 1. The number of nitrogens with one attached hydrogen (secondary N) is 1. The molecular formula is C16H14N6O4S. The second-order valence-electron chi connectivity index (χ2n) is 5.04. The van der Waals surface area contributed by atoms with Crippen LogP contribution in [0, 0.1) is 10.1 Å². The van der Waals surface area contributed by atoms with Crippen LogP contribution in [0.25, 0.3) is 0 Å². The maximum Gasteiger partial charge on any atom is 0.331 e. The third-order valence-corrected chi connectivity index (χ3v) is 4.00. The molecule has 0 spiro atoms. The van der Waals surface area contributed by atoms with Crippen molar-refractivity contribution < 1.29 is 14.4 Å². The number of methoxy groups -OCH3 is 1. The molecule has 27 heavy (non-hydrogen) atoms. The molecule has 11 heteroatoms. The first-order chi connectivity index (χ1) is 13.1. The standard InChI is InChI=1S/C16H14N6O4S/c1-25-13-7-10(8-19-21-16-20-14(17)9-27-16)4-5-12(13)26-15-11(22(23)24)3-2-6-18-15/h2-9H,17H2,1H3,(H,20,21). The topological polar surface area (TPSA) is 138 Å². The number of benzene rings is 1. The van der Waals surface area contributed by atoms with Crippen molar-refractivity contribution in [2.45, 2.75) is 0 Å². The summed E-state index contributed by atoms with van der Waals surface area (Å²) in [4.78, 5) is 18.4. The van der Waals surface area contributed by atoms with Gasteiger partial charge in [-0.1, -0.05) is 0 Å². The van der Waals surface area contributed by atoms with Gasteiger partial charge in [-0.25, -0.2) is 9.97 Å². The highest BCUT2D eigenvalue weighted by molar-refractivity contribution is 7.14. The molecule has 0 unspecified atom stereocenters. The SMILES string of the molecule is COc1cc(C=NNc2nc(N)cs2)ccc1Oc1ncccc1[N+](=O)[O-]. The van der Waals surface area contributed by atoms with Gasteiger partial charge < -0.3 is 15.2 Å². The summed E-state index contributed by atoms with van der Waals surface area (Å²) in [5.41, 5.74) is 8.78. The normalized spacial score (nSPS) is 10.7. The van der Waals surface area contributed by atoms with Gasteiger partial charge in [-0.05, 0) is 29.8 Å². The number of hydrazone groups is 1. The Kier molecular flexibility index (Phi) is 5.42. The quantitative estimate of drug-likeness (QED) is 0.358. The van der Waals surface area contributed by atoms with E-state index in [9.17, 15) is 10.1 Å². The van der Waals surface area contributed by atoms with Crippen LogP contribution in [0.1, 0.15) is 5.56 Å². The van der Waals surface area contributed by atoms with Crippen LogP contribution in [0.3, 0.4) is 0 Å². The number of rotatable bonds is 7. The van der Waals surface area contributed by atoms with Gasteiger partial charge in [0.2, 0.25) is 5.13 Å². The lowest BCUT2D eigenvalue weighted by molar-refractivity contribution is -0.386. The number of hydrogen-bond donors (Lipinski definition) is 2. The van der Waals surface area contributed by atoms with Crippen molar-refractivity contribution in [3.8, 4) is 17.4 Å². The molecule has 3 aromatic rings. The summed E-state index contributed by atoms with van der Waals surface area (Å²) < 4.78 is 10.9. The second kappa shape index (κ2) is 8.10. The minimum atomic E-state index is -0.563. The lowest BCUT2D eigenvalue weighted by atomic mass is 10.2. The summed E-state index contributed by atoms with van der Waals surface area (Å²) in [5, 5.41) is 17.4. The average Bonchev–Trinajstić information content (AvgIpc) is 3.08. The number of aromatic nitrogens is 2. The highest BCUT2D eigenvalue weighted by atomic mass is 32.1. The van der Waals surface area contributed by atoms with E-state index in [1.807, 2.05) is 0 Å². The Morgan fingerprint density at radius 2 is 2.22 bits per heavy atom. The molecule has 0 bridgehead atoms. The first-order valence-electron chi connectivity index (χ1n) is 7.52. The van der Waals surface area contributed by atoms with Crippen LogP contribution in [0.15, 0.2) is 47.0 Å². The number of hydrogen-bond acceptors (Lipinski definition) is 10. The molecule has 0 aliphatic heterocycles. The van der Waals surface area contributed by atoms with E-state index in [0.29, 0.717) is 22.3 Å². The summed E-state index contributed by atoms with van der Waals surface area (Å²) in [6.07, 6.45) is 2.97. The zero-order valence-corrected chi connectivity index (χ0v) is 14.8. The van der Waals surface area contributed by atoms with Gasteiger partial charge in [-0.3, -0.25) is 15.5 Å². The number of nitro groups is 1. The highest BCUT2D eigenvalue weighted by Gasteiger charge is 2.18.